The second-order valence-electron chi connectivity index (χ2n) is 6.07. The van der Waals surface area contributed by atoms with E-state index in [-0.39, 0.29) is 29.8 Å². The molecule has 0 aliphatic carbocycles. The van der Waals surface area contributed by atoms with Gasteiger partial charge in [0.15, 0.2) is 0 Å². The van der Waals surface area contributed by atoms with Crippen LogP contribution in [0, 0.1) is 11.7 Å². The summed E-state index contributed by atoms with van der Waals surface area (Å²) in [5.41, 5.74) is 1.43. The van der Waals surface area contributed by atoms with Gasteiger partial charge in [0.2, 0.25) is 11.8 Å². The topological polar surface area (TPSA) is 58.6 Å². The number of halogens is 2. The lowest BCUT2D eigenvalue weighted by atomic mass is 10.1. The monoisotopic (exact) mass is 376 g/mol. The number of carbonyl (C=O) groups excluding carboxylic acids is 2. The fraction of sp³-hybridized carbons (Fsp3) is 0.263. The van der Waals surface area contributed by atoms with Crippen LogP contribution in [0.1, 0.15) is 12.0 Å². The first-order valence-corrected chi connectivity index (χ1v) is 8.52. The van der Waals surface area contributed by atoms with Gasteiger partial charge in [-0.2, -0.15) is 0 Å². The molecule has 26 heavy (non-hydrogen) atoms. The highest BCUT2D eigenvalue weighted by Crippen LogP contribution is 2.27. The smallest absolute Gasteiger partial charge is 0.227 e. The Bertz CT molecular complexity index is 826. The van der Waals surface area contributed by atoms with E-state index in [9.17, 15) is 14.0 Å². The maximum Gasteiger partial charge on any atom is 0.227 e. The molecule has 3 rings (SSSR count). The number of benzene rings is 2. The maximum atomic E-state index is 13.2. The molecule has 2 aromatic carbocycles. The molecule has 1 atom stereocenters. The Morgan fingerprint density at radius 1 is 1.31 bits per heavy atom. The molecule has 1 saturated heterocycles. The van der Waals surface area contributed by atoms with Crippen molar-refractivity contribution in [1.29, 1.82) is 0 Å². The molecule has 1 aliphatic heterocycles. The molecule has 0 aromatic heterocycles. The summed E-state index contributed by atoms with van der Waals surface area (Å²) in [7, 11) is 1.57. The van der Waals surface area contributed by atoms with Crippen LogP contribution in [-0.2, 0) is 16.1 Å². The molecule has 0 saturated carbocycles. The summed E-state index contributed by atoms with van der Waals surface area (Å²) >= 11 is 5.74. The lowest BCUT2D eigenvalue weighted by Crippen LogP contribution is -2.32. The largest absolute Gasteiger partial charge is 0.497 e. The predicted octanol–water partition coefficient (Wildman–Crippen LogP) is 3.16. The van der Waals surface area contributed by atoms with Gasteiger partial charge >= 0.3 is 0 Å². The van der Waals surface area contributed by atoms with Crippen LogP contribution in [0.25, 0.3) is 0 Å². The zero-order valence-corrected chi connectivity index (χ0v) is 14.9. The molecule has 1 unspecified atom stereocenters. The number of hydrogen-bond acceptors (Lipinski definition) is 3. The lowest BCUT2D eigenvalue weighted by molar-refractivity contribution is -0.126. The van der Waals surface area contributed by atoms with E-state index < -0.39 is 11.7 Å². The fourth-order valence-electron chi connectivity index (χ4n) is 2.88. The normalized spacial score (nSPS) is 16.7. The molecule has 1 N–H and O–H groups in total. The minimum Gasteiger partial charge on any atom is -0.497 e. The van der Waals surface area contributed by atoms with Gasteiger partial charge in [0.1, 0.15) is 11.6 Å². The van der Waals surface area contributed by atoms with Crippen LogP contribution in [0.2, 0.25) is 5.02 Å². The average Bonchev–Trinajstić information content (AvgIpc) is 3.04. The summed E-state index contributed by atoms with van der Waals surface area (Å²) in [5.74, 6) is -0.540. The van der Waals surface area contributed by atoms with E-state index in [0.29, 0.717) is 17.9 Å². The van der Waals surface area contributed by atoms with Gasteiger partial charge in [-0.05, 0) is 42.0 Å². The van der Waals surface area contributed by atoms with E-state index in [4.69, 9.17) is 16.3 Å². The van der Waals surface area contributed by atoms with Crippen LogP contribution in [0.5, 0.6) is 5.75 Å². The number of nitrogens with one attached hydrogen (secondary N) is 1. The molecule has 1 aliphatic rings. The molecule has 2 aromatic rings. The minimum absolute atomic E-state index is 0.0125. The van der Waals surface area contributed by atoms with Crippen LogP contribution >= 0.6 is 11.6 Å². The fourth-order valence-corrected chi connectivity index (χ4v) is 3.08. The van der Waals surface area contributed by atoms with Crippen LogP contribution in [0.3, 0.4) is 0 Å². The summed E-state index contributed by atoms with van der Waals surface area (Å²) in [6, 6.07) is 11.4. The summed E-state index contributed by atoms with van der Waals surface area (Å²) in [5, 5.41) is 2.79. The Balaban J connectivity index is 1.60. The SMILES string of the molecule is COc1ccc(N2CC(C(=O)NCc3ccc(F)c(Cl)c3)CC2=O)cc1. The van der Waals surface area contributed by atoms with Crippen LogP contribution in [-0.4, -0.2) is 25.5 Å². The number of ether oxygens (including phenoxy) is 1. The van der Waals surface area contributed by atoms with Gasteiger partial charge in [-0.3, -0.25) is 9.59 Å². The van der Waals surface area contributed by atoms with E-state index in [1.807, 2.05) is 0 Å². The number of hydrogen-bond donors (Lipinski definition) is 1. The number of anilines is 1. The van der Waals surface area contributed by atoms with Crippen molar-refractivity contribution in [2.75, 3.05) is 18.6 Å². The maximum absolute atomic E-state index is 13.2. The zero-order valence-electron chi connectivity index (χ0n) is 14.2. The molecular formula is C19H18ClFN2O3. The standard InChI is InChI=1S/C19H18ClFN2O3/c1-26-15-5-3-14(4-6-15)23-11-13(9-18(23)24)19(25)22-10-12-2-7-17(21)16(20)8-12/h2-8,13H,9-11H2,1H3,(H,22,25). The van der Waals surface area contributed by atoms with Crippen molar-refractivity contribution in [3.05, 3.63) is 58.9 Å². The number of carbonyl (C=O) groups is 2. The van der Waals surface area contributed by atoms with Gasteiger partial charge in [0, 0.05) is 25.2 Å². The minimum atomic E-state index is -0.502. The second kappa shape index (κ2) is 7.74. The molecule has 0 spiro atoms. The van der Waals surface area contributed by atoms with Crippen molar-refractivity contribution in [2.24, 2.45) is 5.92 Å². The first-order valence-electron chi connectivity index (χ1n) is 8.14. The highest BCUT2D eigenvalue weighted by molar-refractivity contribution is 6.30. The Kier molecular flexibility index (Phi) is 5.42. The molecule has 7 heteroatoms. The number of rotatable bonds is 5. The van der Waals surface area contributed by atoms with Gasteiger partial charge in [0.25, 0.3) is 0 Å². The Hall–Kier alpha value is -2.60. The van der Waals surface area contributed by atoms with Gasteiger partial charge in [-0.25, -0.2) is 4.39 Å². The lowest BCUT2D eigenvalue weighted by Gasteiger charge is -2.17. The third-order valence-electron chi connectivity index (χ3n) is 4.33. The van der Waals surface area contributed by atoms with Crippen molar-refractivity contribution in [3.8, 4) is 5.75 Å². The van der Waals surface area contributed by atoms with E-state index in [1.54, 1.807) is 42.3 Å². The summed E-state index contributed by atoms with van der Waals surface area (Å²) in [6.07, 6.45) is 0.155. The number of amides is 2. The first-order chi connectivity index (χ1) is 12.5. The van der Waals surface area contributed by atoms with E-state index in [0.717, 1.165) is 5.69 Å². The van der Waals surface area contributed by atoms with Gasteiger partial charge < -0.3 is 15.0 Å². The number of nitrogens with zero attached hydrogens (tertiary/aromatic N) is 1. The van der Waals surface area contributed by atoms with Crippen molar-refractivity contribution in [1.82, 2.24) is 5.32 Å². The van der Waals surface area contributed by atoms with Gasteiger partial charge in [-0.1, -0.05) is 17.7 Å². The first kappa shape index (κ1) is 18.2. The molecule has 5 nitrogen and oxygen atoms in total. The molecule has 0 radical (unpaired) electrons. The molecule has 1 fully saturated rings. The third-order valence-corrected chi connectivity index (χ3v) is 4.62. The Morgan fingerprint density at radius 2 is 2.04 bits per heavy atom. The molecule has 2 amide bonds. The quantitative estimate of drug-likeness (QED) is 0.872. The Morgan fingerprint density at radius 3 is 2.69 bits per heavy atom. The summed E-state index contributed by atoms with van der Waals surface area (Å²) in [6.45, 7) is 0.549. The third kappa shape index (κ3) is 3.96. The van der Waals surface area contributed by atoms with Crippen LogP contribution in [0.4, 0.5) is 10.1 Å². The highest BCUT2D eigenvalue weighted by atomic mass is 35.5. The van der Waals surface area contributed by atoms with Crippen molar-refractivity contribution in [3.63, 3.8) is 0 Å². The summed E-state index contributed by atoms with van der Waals surface area (Å²) < 4.78 is 18.3. The molecular weight excluding hydrogens is 359 g/mol. The van der Waals surface area contributed by atoms with Gasteiger partial charge in [0.05, 0.1) is 18.1 Å². The predicted molar refractivity (Wildman–Crippen MR) is 96.7 cm³/mol. The van der Waals surface area contributed by atoms with E-state index in [2.05, 4.69) is 5.32 Å². The average molecular weight is 377 g/mol. The molecule has 136 valence electrons. The van der Waals surface area contributed by atoms with Crippen molar-refractivity contribution < 1.29 is 18.7 Å². The molecule has 1 heterocycles. The van der Waals surface area contributed by atoms with Crippen LogP contribution in [0.15, 0.2) is 42.5 Å². The van der Waals surface area contributed by atoms with E-state index in [1.165, 1.54) is 12.1 Å². The highest BCUT2D eigenvalue weighted by Gasteiger charge is 2.35. The van der Waals surface area contributed by atoms with Crippen molar-refractivity contribution in [2.45, 2.75) is 13.0 Å². The zero-order chi connectivity index (χ0) is 18.7. The van der Waals surface area contributed by atoms with E-state index >= 15 is 0 Å². The molecule has 0 bridgehead atoms. The van der Waals surface area contributed by atoms with Gasteiger partial charge in [-0.15, -0.1) is 0 Å². The number of methoxy groups -OCH3 is 1. The second-order valence-corrected chi connectivity index (χ2v) is 6.48. The Labute approximate surface area is 155 Å². The summed E-state index contributed by atoms with van der Waals surface area (Å²) in [4.78, 5) is 26.2. The van der Waals surface area contributed by atoms with Crippen LogP contribution < -0.4 is 15.0 Å². The van der Waals surface area contributed by atoms with Crippen molar-refractivity contribution >= 4 is 29.1 Å².